The summed E-state index contributed by atoms with van der Waals surface area (Å²) in [7, 11) is 0. The van der Waals surface area contributed by atoms with Gasteiger partial charge in [-0.25, -0.2) is 0 Å². The van der Waals surface area contributed by atoms with Crippen molar-refractivity contribution in [3.8, 4) is 0 Å². The van der Waals surface area contributed by atoms with Crippen molar-refractivity contribution in [3.63, 3.8) is 0 Å². The highest BCUT2D eigenvalue weighted by Crippen LogP contribution is 2.20. The van der Waals surface area contributed by atoms with Crippen LogP contribution in [0.15, 0.2) is 12.2 Å². The van der Waals surface area contributed by atoms with E-state index in [2.05, 4.69) is 22.8 Å². The molecule has 0 bridgehead atoms. The predicted molar refractivity (Wildman–Crippen MR) is 51.3 cm³/mol. The van der Waals surface area contributed by atoms with E-state index < -0.39 is 0 Å². The van der Waals surface area contributed by atoms with Crippen LogP contribution < -0.4 is 10.6 Å². The van der Waals surface area contributed by atoms with Gasteiger partial charge in [0.1, 0.15) is 0 Å². The summed E-state index contributed by atoms with van der Waals surface area (Å²) >= 11 is 0. The molecule has 0 radical (unpaired) electrons. The van der Waals surface area contributed by atoms with Gasteiger partial charge >= 0.3 is 0 Å². The van der Waals surface area contributed by atoms with Gasteiger partial charge in [0.05, 0.1) is 6.04 Å². The van der Waals surface area contributed by atoms with E-state index in [-0.39, 0.29) is 5.91 Å². The summed E-state index contributed by atoms with van der Waals surface area (Å²) < 4.78 is 0. The first-order chi connectivity index (χ1) is 6.34. The average molecular weight is 180 g/mol. The Kier molecular flexibility index (Phi) is 2.64. The van der Waals surface area contributed by atoms with Crippen molar-refractivity contribution < 1.29 is 4.79 Å². The third kappa shape index (κ3) is 2.31. The van der Waals surface area contributed by atoms with Crippen molar-refractivity contribution in [2.24, 2.45) is 5.92 Å². The summed E-state index contributed by atoms with van der Waals surface area (Å²) in [6.45, 7) is 1.87. The Bertz CT molecular complexity index is 221. The second kappa shape index (κ2) is 3.92. The molecule has 0 aromatic heterocycles. The summed E-state index contributed by atoms with van der Waals surface area (Å²) in [5.74, 6) is 0.705. The van der Waals surface area contributed by atoms with Crippen molar-refractivity contribution >= 4 is 5.91 Å². The summed E-state index contributed by atoms with van der Waals surface area (Å²) in [5, 5.41) is 6.14. The zero-order valence-corrected chi connectivity index (χ0v) is 7.75. The van der Waals surface area contributed by atoms with E-state index in [4.69, 9.17) is 0 Å². The molecule has 2 rings (SSSR count). The lowest BCUT2D eigenvalue weighted by atomic mass is 10.0. The van der Waals surface area contributed by atoms with Gasteiger partial charge in [0.15, 0.2) is 0 Å². The Morgan fingerprint density at radius 2 is 2.38 bits per heavy atom. The van der Waals surface area contributed by atoms with Gasteiger partial charge in [-0.15, -0.1) is 0 Å². The minimum atomic E-state index is 0.211. The van der Waals surface area contributed by atoms with Crippen LogP contribution in [0.4, 0.5) is 0 Å². The monoisotopic (exact) mass is 180 g/mol. The van der Waals surface area contributed by atoms with E-state index in [0.717, 1.165) is 25.9 Å². The Hall–Kier alpha value is -0.830. The molecule has 1 atom stereocenters. The number of hydrogen-bond donors (Lipinski definition) is 2. The fourth-order valence-electron chi connectivity index (χ4n) is 1.78. The number of rotatable bonds is 3. The smallest absolute Gasteiger partial charge is 0.220 e. The largest absolute Gasteiger partial charge is 0.351 e. The topological polar surface area (TPSA) is 41.1 Å². The fraction of sp³-hybridized carbons (Fsp3) is 0.700. The SMILES string of the molecule is O=C(CC1C=CCC1)NC1CNC1. The molecule has 13 heavy (non-hydrogen) atoms. The van der Waals surface area contributed by atoms with Crippen LogP contribution in [0, 0.1) is 5.92 Å². The molecule has 1 saturated heterocycles. The van der Waals surface area contributed by atoms with E-state index in [9.17, 15) is 4.79 Å². The van der Waals surface area contributed by atoms with Crippen LogP contribution in [-0.2, 0) is 4.79 Å². The van der Waals surface area contributed by atoms with E-state index >= 15 is 0 Å². The van der Waals surface area contributed by atoms with Crippen LogP contribution in [0.2, 0.25) is 0 Å². The number of nitrogens with one attached hydrogen (secondary N) is 2. The average Bonchev–Trinajstić information content (AvgIpc) is 2.49. The van der Waals surface area contributed by atoms with E-state index in [1.165, 1.54) is 0 Å². The standard InChI is InChI=1S/C10H16N2O/c13-10(12-9-6-11-7-9)5-8-3-1-2-4-8/h1,3,8-9,11H,2,4-7H2,(H,12,13). The maximum atomic E-state index is 11.4. The van der Waals surface area contributed by atoms with Crippen LogP contribution in [0.25, 0.3) is 0 Å². The Morgan fingerprint density at radius 1 is 1.54 bits per heavy atom. The molecule has 3 heteroatoms. The van der Waals surface area contributed by atoms with Crippen molar-refractivity contribution in [2.75, 3.05) is 13.1 Å². The van der Waals surface area contributed by atoms with Crippen LogP contribution >= 0.6 is 0 Å². The molecular weight excluding hydrogens is 164 g/mol. The van der Waals surface area contributed by atoms with Gasteiger partial charge in [0.2, 0.25) is 5.91 Å². The van der Waals surface area contributed by atoms with Crippen molar-refractivity contribution in [2.45, 2.75) is 25.3 Å². The lowest BCUT2D eigenvalue weighted by Gasteiger charge is -2.28. The number of carbonyl (C=O) groups excluding carboxylic acids is 1. The van der Waals surface area contributed by atoms with Gasteiger partial charge in [-0.2, -0.15) is 0 Å². The van der Waals surface area contributed by atoms with Gasteiger partial charge in [-0.05, 0) is 18.8 Å². The quantitative estimate of drug-likeness (QED) is 0.618. The van der Waals surface area contributed by atoms with E-state index in [1.54, 1.807) is 0 Å². The van der Waals surface area contributed by atoms with Gasteiger partial charge in [-0.1, -0.05) is 12.2 Å². The third-order valence-corrected chi connectivity index (χ3v) is 2.71. The Balaban J connectivity index is 1.68. The summed E-state index contributed by atoms with van der Waals surface area (Å²) in [6.07, 6.45) is 7.30. The zero-order chi connectivity index (χ0) is 9.10. The number of amides is 1. The molecule has 2 aliphatic rings. The first-order valence-electron chi connectivity index (χ1n) is 5.01. The normalized spacial score (nSPS) is 27.2. The lowest BCUT2D eigenvalue weighted by molar-refractivity contribution is -0.122. The summed E-state index contributed by atoms with van der Waals surface area (Å²) in [4.78, 5) is 11.4. The van der Waals surface area contributed by atoms with Gasteiger partial charge in [0, 0.05) is 19.5 Å². The minimum absolute atomic E-state index is 0.211. The van der Waals surface area contributed by atoms with E-state index in [0.29, 0.717) is 18.4 Å². The van der Waals surface area contributed by atoms with Crippen LogP contribution in [0.3, 0.4) is 0 Å². The fourth-order valence-corrected chi connectivity index (χ4v) is 1.78. The van der Waals surface area contributed by atoms with Gasteiger partial charge < -0.3 is 10.6 Å². The van der Waals surface area contributed by atoms with Crippen molar-refractivity contribution in [3.05, 3.63) is 12.2 Å². The van der Waals surface area contributed by atoms with Crippen LogP contribution in [0.5, 0.6) is 0 Å². The molecular formula is C10H16N2O. The Morgan fingerprint density at radius 3 is 2.92 bits per heavy atom. The molecule has 1 aliphatic heterocycles. The molecule has 1 unspecified atom stereocenters. The molecule has 1 aliphatic carbocycles. The van der Waals surface area contributed by atoms with Crippen LogP contribution in [0.1, 0.15) is 19.3 Å². The maximum absolute atomic E-state index is 11.4. The highest BCUT2D eigenvalue weighted by Gasteiger charge is 2.20. The van der Waals surface area contributed by atoms with Crippen LogP contribution in [-0.4, -0.2) is 25.0 Å². The highest BCUT2D eigenvalue weighted by atomic mass is 16.1. The lowest BCUT2D eigenvalue weighted by Crippen LogP contribution is -2.57. The van der Waals surface area contributed by atoms with E-state index in [1.807, 2.05) is 0 Å². The molecule has 3 nitrogen and oxygen atoms in total. The molecule has 1 heterocycles. The molecule has 0 spiro atoms. The predicted octanol–water partition coefficient (Wildman–Crippen LogP) is 0.431. The third-order valence-electron chi connectivity index (χ3n) is 2.71. The Labute approximate surface area is 78.6 Å². The molecule has 0 saturated carbocycles. The molecule has 0 aromatic rings. The molecule has 1 fully saturated rings. The summed E-state index contributed by atoms with van der Waals surface area (Å²) in [5.41, 5.74) is 0. The first kappa shape index (κ1) is 8.75. The van der Waals surface area contributed by atoms with Crippen molar-refractivity contribution in [1.29, 1.82) is 0 Å². The second-order valence-corrected chi connectivity index (χ2v) is 3.89. The molecule has 1 amide bonds. The minimum Gasteiger partial charge on any atom is -0.351 e. The summed E-state index contributed by atoms with van der Waals surface area (Å²) in [6, 6.07) is 0.387. The number of carbonyl (C=O) groups is 1. The first-order valence-corrected chi connectivity index (χ1v) is 5.01. The number of allylic oxidation sites excluding steroid dienone is 2. The van der Waals surface area contributed by atoms with Crippen molar-refractivity contribution in [1.82, 2.24) is 10.6 Å². The maximum Gasteiger partial charge on any atom is 0.220 e. The molecule has 2 N–H and O–H groups in total. The molecule has 0 aromatic carbocycles. The highest BCUT2D eigenvalue weighted by molar-refractivity contribution is 5.77. The van der Waals surface area contributed by atoms with Gasteiger partial charge in [0.25, 0.3) is 0 Å². The zero-order valence-electron chi connectivity index (χ0n) is 7.75. The molecule has 72 valence electrons. The van der Waals surface area contributed by atoms with Gasteiger partial charge in [-0.3, -0.25) is 4.79 Å². The number of hydrogen-bond acceptors (Lipinski definition) is 2. The second-order valence-electron chi connectivity index (χ2n) is 3.89.